The van der Waals surface area contributed by atoms with Gasteiger partial charge in [0.1, 0.15) is 0 Å². The fourth-order valence-corrected chi connectivity index (χ4v) is 2.74. The molecule has 0 bridgehead atoms. The van der Waals surface area contributed by atoms with Crippen LogP contribution in [-0.4, -0.2) is 22.4 Å². The van der Waals surface area contributed by atoms with E-state index in [1.807, 2.05) is 30.0 Å². The summed E-state index contributed by atoms with van der Waals surface area (Å²) in [7, 11) is -1.35. The van der Waals surface area contributed by atoms with Gasteiger partial charge in [-0.25, -0.2) is 0 Å². The Balaban J connectivity index is 2.05. The number of rotatable bonds is 3. The summed E-state index contributed by atoms with van der Waals surface area (Å²) in [5, 5.41) is 18.7. The summed E-state index contributed by atoms with van der Waals surface area (Å²) >= 11 is 1.84. The Morgan fingerprint density at radius 3 is 2.64 bits per heavy atom. The summed E-state index contributed by atoms with van der Waals surface area (Å²) in [6, 6.07) is 7.48. The summed E-state index contributed by atoms with van der Waals surface area (Å²) in [5.74, 6) is 0. The molecule has 0 aromatic heterocycles. The highest BCUT2D eigenvalue weighted by Gasteiger charge is 2.19. The lowest BCUT2D eigenvalue weighted by molar-refractivity contribution is 0.425. The van der Waals surface area contributed by atoms with Crippen LogP contribution in [-0.2, 0) is 0 Å². The van der Waals surface area contributed by atoms with E-state index in [9.17, 15) is 0 Å². The molecule has 0 saturated heterocycles. The second-order valence-electron chi connectivity index (χ2n) is 3.62. The van der Waals surface area contributed by atoms with Crippen molar-refractivity contribution in [1.29, 1.82) is 0 Å². The van der Waals surface area contributed by atoms with Crippen LogP contribution in [0, 0.1) is 0 Å². The van der Waals surface area contributed by atoms with Gasteiger partial charge in [0.05, 0.1) is 0 Å². The van der Waals surface area contributed by atoms with Gasteiger partial charge >= 0.3 is 7.12 Å². The molecule has 0 heterocycles. The molecule has 0 atom stereocenters. The highest BCUT2D eigenvalue weighted by molar-refractivity contribution is 8.00. The number of hydrogen-bond donors (Lipinski definition) is 2. The molecular weight excluding hydrogens is 195 g/mol. The minimum atomic E-state index is -1.35. The predicted octanol–water partition coefficient (Wildman–Crippen LogP) is 1.01. The molecule has 14 heavy (non-hydrogen) atoms. The lowest BCUT2D eigenvalue weighted by Gasteiger charge is -2.24. The van der Waals surface area contributed by atoms with Crippen LogP contribution in [0.5, 0.6) is 0 Å². The smallest absolute Gasteiger partial charge is 0.423 e. The molecule has 1 aromatic carbocycles. The number of thioether (sulfide) groups is 1. The molecule has 0 unspecified atom stereocenters. The normalized spacial score (nSPS) is 16.4. The first-order valence-corrected chi connectivity index (χ1v) is 5.76. The van der Waals surface area contributed by atoms with Crippen molar-refractivity contribution in [3.63, 3.8) is 0 Å². The second-order valence-corrected chi connectivity index (χ2v) is 4.99. The molecule has 0 amide bonds. The largest absolute Gasteiger partial charge is 0.488 e. The molecule has 74 valence electrons. The second kappa shape index (κ2) is 4.38. The molecular formula is C10H13BO2S. The Morgan fingerprint density at radius 1 is 1.29 bits per heavy atom. The Hall–Kier alpha value is -0.445. The van der Waals surface area contributed by atoms with E-state index in [0.29, 0.717) is 5.46 Å². The van der Waals surface area contributed by atoms with Gasteiger partial charge in [-0.05, 0) is 30.4 Å². The third-order valence-electron chi connectivity index (χ3n) is 2.51. The van der Waals surface area contributed by atoms with E-state index < -0.39 is 7.12 Å². The first kappa shape index (κ1) is 10.1. The molecule has 0 radical (unpaired) electrons. The molecule has 1 aromatic rings. The Kier molecular flexibility index (Phi) is 3.16. The third kappa shape index (κ3) is 2.32. The van der Waals surface area contributed by atoms with Gasteiger partial charge in [-0.15, -0.1) is 11.8 Å². The summed E-state index contributed by atoms with van der Waals surface area (Å²) in [5.41, 5.74) is 0.578. The first-order chi connectivity index (χ1) is 6.75. The van der Waals surface area contributed by atoms with E-state index in [4.69, 9.17) is 10.0 Å². The Morgan fingerprint density at radius 2 is 2.07 bits per heavy atom. The van der Waals surface area contributed by atoms with Gasteiger partial charge in [-0.2, -0.15) is 0 Å². The van der Waals surface area contributed by atoms with Gasteiger partial charge in [-0.3, -0.25) is 0 Å². The van der Waals surface area contributed by atoms with Gasteiger partial charge in [0.15, 0.2) is 0 Å². The van der Waals surface area contributed by atoms with Crippen molar-refractivity contribution in [3.8, 4) is 0 Å². The lowest BCUT2D eigenvalue weighted by Crippen LogP contribution is -2.29. The standard InChI is InChI=1S/C10H13BO2S/c12-11(13)8-3-1-6-10(7-8)14-9-4-2-5-9/h1,3,6-7,9,12-13H,2,4-5H2. The van der Waals surface area contributed by atoms with Gasteiger partial charge in [0.25, 0.3) is 0 Å². The molecule has 1 saturated carbocycles. The van der Waals surface area contributed by atoms with Gasteiger partial charge in [-0.1, -0.05) is 18.6 Å². The van der Waals surface area contributed by atoms with Crippen molar-refractivity contribution in [2.24, 2.45) is 0 Å². The zero-order valence-electron chi connectivity index (χ0n) is 7.89. The van der Waals surface area contributed by atoms with Crippen molar-refractivity contribution in [1.82, 2.24) is 0 Å². The highest BCUT2D eigenvalue weighted by Crippen LogP contribution is 2.35. The van der Waals surface area contributed by atoms with Crippen LogP contribution >= 0.6 is 11.8 Å². The van der Waals surface area contributed by atoms with E-state index >= 15 is 0 Å². The molecule has 1 fully saturated rings. The monoisotopic (exact) mass is 208 g/mol. The van der Waals surface area contributed by atoms with Crippen molar-refractivity contribution < 1.29 is 10.0 Å². The topological polar surface area (TPSA) is 40.5 Å². The minimum absolute atomic E-state index is 0.578. The van der Waals surface area contributed by atoms with Crippen LogP contribution in [0.2, 0.25) is 0 Å². The predicted molar refractivity (Wildman–Crippen MR) is 59.8 cm³/mol. The first-order valence-electron chi connectivity index (χ1n) is 4.88. The Bertz CT molecular complexity index is 313. The van der Waals surface area contributed by atoms with Crippen LogP contribution in [0.4, 0.5) is 0 Å². The number of hydrogen-bond acceptors (Lipinski definition) is 3. The van der Waals surface area contributed by atoms with Crippen molar-refractivity contribution >= 4 is 24.3 Å². The fraction of sp³-hybridized carbons (Fsp3) is 0.400. The maximum absolute atomic E-state index is 9.00. The van der Waals surface area contributed by atoms with E-state index in [-0.39, 0.29) is 0 Å². The SMILES string of the molecule is OB(O)c1cccc(SC2CCC2)c1. The molecule has 2 nitrogen and oxygen atoms in total. The average Bonchev–Trinajstić information content (AvgIpc) is 2.12. The molecule has 2 rings (SSSR count). The van der Waals surface area contributed by atoms with Crippen LogP contribution in [0.3, 0.4) is 0 Å². The van der Waals surface area contributed by atoms with E-state index in [2.05, 4.69) is 0 Å². The molecule has 1 aliphatic rings. The summed E-state index contributed by atoms with van der Waals surface area (Å²) in [6.45, 7) is 0. The summed E-state index contributed by atoms with van der Waals surface area (Å²) in [6.07, 6.45) is 3.91. The quantitative estimate of drug-likeness (QED) is 0.728. The summed E-state index contributed by atoms with van der Waals surface area (Å²) in [4.78, 5) is 1.14. The minimum Gasteiger partial charge on any atom is -0.423 e. The van der Waals surface area contributed by atoms with Gasteiger partial charge in [0.2, 0.25) is 0 Å². The van der Waals surface area contributed by atoms with Crippen molar-refractivity contribution in [2.75, 3.05) is 0 Å². The van der Waals surface area contributed by atoms with Gasteiger partial charge < -0.3 is 10.0 Å². The zero-order chi connectivity index (χ0) is 9.97. The average molecular weight is 208 g/mol. The summed E-state index contributed by atoms with van der Waals surface area (Å²) < 4.78 is 0. The maximum atomic E-state index is 9.00. The highest BCUT2D eigenvalue weighted by atomic mass is 32.2. The maximum Gasteiger partial charge on any atom is 0.488 e. The van der Waals surface area contributed by atoms with Gasteiger partial charge in [0, 0.05) is 10.1 Å². The molecule has 4 heteroatoms. The lowest BCUT2D eigenvalue weighted by atomic mass is 9.80. The van der Waals surface area contributed by atoms with E-state index in [1.165, 1.54) is 19.3 Å². The van der Waals surface area contributed by atoms with E-state index in [0.717, 1.165) is 10.1 Å². The number of benzene rings is 1. The van der Waals surface area contributed by atoms with Crippen LogP contribution < -0.4 is 5.46 Å². The van der Waals surface area contributed by atoms with Crippen LogP contribution in [0.25, 0.3) is 0 Å². The molecule has 2 N–H and O–H groups in total. The third-order valence-corrected chi connectivity index (χ3v) is 3.84. The van der Waals surface area contributed by atoms with Crippen molar-refractivity contribution in [3.05, 3.63) is 24.3 Å². The van der Waals surface area contributed by atoms with Crippen molar-refractivity contribution in [2.45, 2.75) is 29.4 Å². The molecule has 0 spiro atoms. The Labute approximate surface area is 88.5 Å². The van der Waals surface area contributed by atoms with E-state index in [1.54, 1.807) is 6.07 Å². The van der Waals surface area contributed by atoms with Crippen LogP contribution in [0.15, 0.2) is 29.2 Å². The fourth-order valence-electron chi connectivity index (χ4n) is 1.43. The zero-order valence-corrected chi connectivity index (χ0v) is 8.70. The molecule has 1 aliphatic carbocycles. The van der Waals surface area contributed by atoms with Crippen LogP contribution in [0.1, 0.15) is 19.3 Å². The molecule has 0 aliphatic heterocycles.